The summed E-state index contributed by atoms with van der Waals surface area (Å²) in [6, 6.07) is 5.79. The molecule has 134 valence electrons. The van der Waals surface area contributed by atoms with E-state index < -0.39 is 10.2 Å². The Labute approximate surface area is 145 Å². The molecule has 0 aromatic heterocycles. The molecule has 0 unspecified atom stereocenters. The maximum Gasteiger partial charge on any atom is 0.282 e. The van der Waals surface area contributed by atoms with Crippen molar-refractivity contribution in [1.82, 2.24) is 8.61 Å². The highest BCUT2D eigenvalue weighted by Crippen LogP contribution is 2.18. The third-order valence-corrected chi connectivity index (χ3v) is 6.25. The van der Waals surface area contributed by atoms with Crippen LogP contribution < -0.4 is 5.32 Å². The molecule has 1 aromatic rings. The third-order valence-electron chi connectivity index (χ3n) is 4.32. The van der Waals surface area contributed by atoms with Crippen molar-refractivity contribution < 1.29 is 13.2 Å². The number of nitrogens with zero attached hydrogens (tertiary/aromatic N) is 2. The summed E-state index contributed by atoms with van der Waals surface area (Å²) in [7, 11) is -2.12. The molecule has 0 aliphatic carbocycles. The summed E-state index contributed by atoms with van der Waals surface area (Å²) in [6.45, 7) is 4.74. The molecule has 0 radical (unpaired) electrons. The summed E-state index contributed by atoms with van der Waals surface area (Å²) < 4.78 is 27.9. The first-order chi connectivity index (χ1) is 11.3. The van der Waals surface area contributed by atoms with E-state index in [0.717, 1.165) is 46.8 Å². The van der Waals surface area contributed by atoms with Crippen LogP contribution in [0.1, 0.15) is 36.8 Å². The van der Waals surface area contributed by atoms with E-state index in [1.165, 1.54) is 11.4 Å². The molecule has 2 rings (SSSR count). The highest BCUT2D eigenvalue weighted by molar-refractivity contribution is 7.86. The molecule has 1 aliphatic heterocycles. The Morgan fingerprint density at radius 1 is 1.17 bits per heavy atom. The van der Waals surface area contributed by atoms with Gasteiger partial charge in [0.15, 0.2) is 0 Å². The molecule has 0 spiro atoms. The van der Waals surface area contributed by atoms with Crippen molar-refractivity contribution >= 4 is 21.8 Å². The highest BCUT2D eigenvalue weighted by Gasteiger charge is 2.28. The van der Waals surface area contributed by atoms with Crippen LogP contribution in [0.5, 0.6) is 0 Å². The number of hydrogen-bond donors (Lipinski definition) is 1. The molecule has 1 aromatic carbocycles. The first kappa shape index (κ1) is 18.9. The number of amides is 1. The van der Waals surface area contributed by atoms with Crippen molar-refractivity contribution in [3.8, 4) is 0 Å². The maximum atomic E-state index is 12.6. The lowest BCUT2D eigenvalue weighted by atomic mass is 10.1. The summed E-state index contributed by atoms with van der Waals surface area (Å²) in [5.41, 5.74) is 2.72. The summed E-state index contributed by atoms with van der Waals surface area (Å²) in [5.74, 6) is -0.329. The van der Waals surface area contributed by atoms with Gasteiger partial charge in [0.2, 0.25) is 5.91 Å². The molecule has 1 N–H and O–H groups in total. The summed E-state index contributed by atoms with van der Waals surface area (Å²) in [4.78, 5) is 12.2. The Hall–Kier alpha value is -1.44. The van der Waals surface area contributed by atoms with Crippen LogP contribution in [-0.2, 0) is 15.0 Å². The molecular formula is C17H27N3O3S. The Kier molecular flexibility index (Phi) is 6.37. The van der Waals surface area contributed by atoms with E-state index in [9.17, 15) is 13.2 Å². The van der Waals surface area contributed by atoms with Crippen LogP contribution in [0, 0.1) is 13.8 Å². The average Bonchev–Trinajstić information content (AvgIpc) is 2.80. The van der Waals surface area contributed by atoms with Crippen molar-refractivity contribution in [1.29, 1.82) is 0 Å². The predicted octanol–water partition coefficient (Wildman–Crippen LogP) is 2.29. The zero-order valence-corrected chi connectivity index (χ0v) is 15.5. The van der Waals surface area contributed by atoms with E-state index in [1.807, 2.05) is 32.0 Å². The smallest absolute Gasteiger partial charge is 0.282 e. The fourth-order valence-corrected chi connectivity index (χ4v) is 4.21. The van der Waals surface area contributed by atoms with Crippen LogP contribution in [0.3, 0.4) is 0 Å². The Balaban J connectivity index is 2.00. The Bertz CT molecular complexity index is 680. The zero-order valence-electron chi connectivity index (χ0n) is 14.7. The number of nitrogens with one attached hydrogen (secondary N) is 1. The summed E-state index contributed by atoms with van der Waals surface area (Å²) in [6.07, 6.45) is 3.87. The second-order valence-electron chi connectivity index (χ2n) is 6.44. The molecule has 1 amide bonds. The van der Waals surface area contributed by atoms with Crippen LogP contribution in [0.25, 0.3) is 0 Å². The summed E-state index contributed by atoms with van der Waals surface area (Å²) >= 11 is 0. The number of anilines is 1. The van der Waals surface area contributed by atoms with E-state index >= 15 is 0 Å². The molecule has 0 atom stereocenters. The van der Waals surface area contributed by atoms with Gasteiger partial charge in [-0.2, -0.15) is 17.0 Å². The molecule has 0 bridgehead atoms. The van der Waals surface area contributed by atoms with E-state index in [0.29, 0.717) is 13.1 Å². The van der Waals surface area contributed by atoms with Crippen molar-refractivity contribution in [2.24, 2.45) is 0 Å². The molecular weight excluding hydrogens is 326 g/mol. The van der Waals surface area contributed by atoms with Crippen LogP contribution in [-0.4, -0.2) is 49.6 Å². The Morgan fingerprint density at radius 3 is 2.42 bits per heavy atom. The monoisotopic (exact) mass is 353 g/mol. The van der Waals surface area contributed by atoms with E-state index in [1.54, 1.807) is 0 Å². The predicted molar refractivity (Wildman–Crippen MR) is 96.1 cm³/mol. The van der Waals surface area contributed by atoms with E-state index in [-0.39, 0.29) is 12.5 Å². The number of likely N-dealkylation sites (N-methyl/N-ethyl adjacent to an activating group) is 1. The fraction of sp³-hybridized carbons (Fsp3) is 0.588. The van der Waals surface area contributed by atoms with Gasteiger partial charge in [0.05, 0.1) is 6.54 Å². The molecule has 1 fully saturated rings. The molecule has 0 saturated carbocycles. The minimum Gasteiger partial charge on any atom is -0.325 e. The minimum atomic E-state index is -3.59. The van der Waals surface area contributed by atoms with Gasteiger partial charge in [-0.15, -0.1) is 0 Å². The number of benzene rings is 1. The molecule has 1 aliphatic rings. The standard InChI is InChI=1S/C17H27N3O3S/c1-14-8-9-15(2)16(12-14)18-17(21)13-19(3)24(22,23)20-10-6-4-5-7-11-20/h8-9,12H,4-7,10-11,13H2,1-3H3,(H,18,21). The van der Waals surface area contributed by atoms with Gasteiger partial charge < -0.3 is 5.32 Å². The lowest BCUT2D eigenvalue weighted by molar-refractivity contribution is -0.116. The van der Waals surface area contributed by atoms with Crippen LogP contribution >= 0.6 is 0 Å². The number of carbonyl (C=O) groups excluding carboxylic acids is 1. The number of rotatable bonds is 5. The first-order valence-electron chi connectivity index (χ1n) is 8.39. The van der Waals surface area contributed by atoms with Crippen molar-refractivity contribution in [3.05, 3.63) is 29.3 Å². The SMILES string of the molecule is Cc1ccc(C)c(NC(=O)CN(C)S(=O)(=O)N2CCCCCC2)c1. The fourth-order valence-electron chi connectivity index (χ4n) is 2.81. The lowest BCUT2D eigenvalue weighted by Crippen LogP contribution is -2.45. The molecule has 24 heavy (non-hydrogen) atoms. The normalized spacial score (nSPS) is 16.8. The van der Waals surface area contributed by atoms with Gasteiger partial charge in [-0.1, -0.05) is 25.0 Å². The number of aryl methyl sites for hydroxylation is 2. The summed E-state index contributed by atoms with van der Waals surface area (Å²) in [5, 5.41) is 2.81. The molecule has 1 saturated heterocycles. The highest BCUT2D eigenvalue weighted by atomic mass is 32.2. The van der Waals surface area contributed by atoms with Gasteiger partial charge in [0.25, 0.3) is 10.2 Å². The average molecular weight is 353 g/mol. The first-order valence-corrected chi connectivity index (χ1v) is 9.79. The maximum absolute atomic E-state index is 12.6. The van der Waals surface area contributed by atoms with Gasteiger partial charge in [-0.3, -0.25) is 4.79 Å². The second-order valence-corrected chi connectivity index (χ2v) is 8.48. The van der Waals surface area contributed by atoms with Gasteiger partial charge >= 0.3 is 0 Å². The number of hydrogen-bond acceptors (Lipinski definition) is 3. The molecule has 7 heteroatoms. The Morgan fingerprint density at radius 2 is 1.79 bits per heavy atom. The lowest BCUT2D eigenvalue weighted by Gasteiger charge is -2.26. The molecule has 1 heterocycles. The minimum absolute atomic E-state index is 0.188. The van der Waals surface area contributed by atoms with E-state index in [4.69, 9.17) is 0 Å². The van der Waals surface area contributed by atoms with Crippen molar-refractivity contribution in [2.75, 3.05) is 32.0 Å². The van der Waals surface area contributed by atoms with Gasteiger partial charge in [-0.05, 0) is 43.9 Å². The molecule has 6 nitrogen and oxygen atoms in total. The number of carbonyl (C=O) groups is 1. The van der Waals surface area contributed by atoms with Crippen LogP contribution in [0.2, 0.25) is 0 Å². The topological polar surface area (TPSA) is 69.7 Å². The zero-order chi connectivity index (χ0) is 17.7. The van der Waals surface area contributed by atoms with Gasteiger partial charge in [0, 0.05) is 25.8 Å². The van der Waals surface area contributed by atoms with Crippen molar-refractivity contribution in [3.63, 3.8) is 0 Å². The third kappa shape index (κ3) is 4.78. The van der Waals surface area contributed by atoms with Crippen LogP contribution in [0.15, 0.2) is 18.2 Å². The van der Waals surface area contributed by atoms with E-state index in [2.05, 4.69) is 5.32 Å². The largest absolute Gasteiger partial charge is 0.325 e. The van der Waals surface area contributed by atoms with Crippen LogP contribution in [0.4, 0.5) is 5.69 Å². The van der Waals surface area contributed by atoms with Gasteiger partial charge in [0.1, 0.15) is 0 Å². The van der Waals surface area contributed by atoms with Crippen molar-refractivity contribution in [2.45, 2.75) is 39.5 Å². The van der Waals surface area contributed by atoms with Gasteiger partial charge in [-0.25, -0.2) is 0 Å². The second kappa shape index (κ2) is 8.09. The quantitative estimate of drug-likeness (QED) is 0.883.